The summed E-state index contributed by atoms with van der Waals surface area (Å²) in [5.74, 6) is -0.910. The van der Waals surface area contributed by atoms with Crippen molar-refractivity contribution in [3.63, 3.8) is 0 Å². The minimum Gasteiger partial charge on any atom is -0.505 e. The zero-order chi connectivity index (χ0) is 14.8. The van der Waals surface area contributed by atoms with E-state index < -0.39 is 5.82 Å². The highest BCUT2D eigenvalue weighted by atomic mass is 79.9. The molecule has 0 aliphatic heterocycles. The van der Waals surface area contributed by atoms with Gasteiger partial charge in [0.05, 0.1) is 0 Å². The van der Waals surface area contributed by atoms with Gasteiger partial charge in [-0.2, -0.15) is 0 Å². The molecular weight excluding hydrogens is 321 g/mol. The molecule has 0 spiro atoms. The summed E-state index contributed by atoms with van der Waals surface area (Å²) in [4.78, 5) is 0. The van der Waals surface area contributed by atoms with E-state index in [2.05, 4.69) is 47.2 Å². The van der Waals surface area contributed by atoms with E-state index in [0.717, 1.165) is 15.6 Å². The second-order valence-corrected chi connectivity index (χ2v) is 6.19. The summed E-state index contributed by atoms with van der Waals surface area (Å²) in [6.45, 7) is 4.68. The van der Waals surface area contributed by atoms with Gasteiger partial charge in [0.15, 0.2) is 11.6 Å². The Morgan fingerprint density at radius 3 is 2.40 bits per heavy atom. The summed E-state index contributed by atoms with van der Waals surface area (Å²) in [5, 5.41) is 12.6. The van der Waals surface area contributed by atoms with Crippen LogP contribution in [0.2, 0.25) is 0 Å². The van der Waals surface area contributed by atoms with E-state index in [1.54, 1.807) is 6.07 Å². The molecule has 2 rings (SSSR count). The van der Waals surface area contributed by atoms with Crippen LogP contribution in [0.1, 0.15) is 25.0 Å². The molecular formula is C16H17BrFNO. The van der Waals surface area contributed by atoms with E-state index in [1.807, 2.05) is 12.1 Å². The summed E-state index contributed by atoms with van der Waals surface area (Å²) < 4.78 is 14.3. The molecule has 0 atom stereocenters. The fraction of sp³-hybridized carbons (Fsp3) is 0.250. The second kappa shape index (κ2) is 5.94. The molecule has 2 N–H and O–H groups in total. The quantitative estimate of drug-likeness (QED) is 0.870. The first-order valence-corrected chi connectivity index (χ1v) is 7.16. The van der Waals surface area contributed by atoms with E-state index in [-0.39, 0.29) is 11.3 Å². The molecule has 0 bridgehead atoms. The average molecular weight is 338 g/mol. The van der Waals surface area contributed by atoms with Gasteiger partial charge in [-0.3, -0.25) is 0 Å². The third-order valence-electron chi connectivity index (χ3n) is 3.31. The highest BCUT2D eigenvalue weighted by Crippen LogP contribution is 2.23. The van der Waals surface area contributed by atoms with Crippen molar-refractivity contribution in [2.24, 2.45) is 0 Å². The molecule has 106 valence electrons. The molecule has 4 heteroatoms. The normalized spacial score (nSPS) is 11.6. The number of hydrogen-bond acceptors (Lipinski definition) is 2. The number of phenols is 1. The number of nitrogens with one attached hydrogen (secondary N) is 1. The zero-order valence-corrected chi connectivity index (χ0v) is 13.0. The van der Waals surface area contributed by atoms with E-state index in [9.17, 15) is 9.50 Å². The Labute approximate surface area is 126 Å². The maximum atomic E-state index is 13.3. The Kier molecular flexibility index (Phi) is 4.45. The van der Waals surface area contributed by atoms with Crippen LogP contribution in [-0.2, 0) is 12.1 Å². The minimum atomic E-state index is -0.592. The molecule has 0 aliphatic rings. The predicted octanol–water partition coefficient (Wildman–Crippen LogP) is 4.32. The van der Waals surface area contributed by atoms with Crippen molar-refractivity contribution >= 4 is 15.9 Å². The molecule has 0 saturated carbocycles. The van der Waals surface area contributed by atoms with Crippen LogP contribution in [0, 0.1) is 5.82 Å². The topological polar surface area (TPSA) is 32.3 Å². The fourth-order valence-electron chi connectivity index (χ4n) is 1.95. The molecule has 2 aromatic rings. The smallest absolute Gasteiger partial charge is 0.165 e. The maximum absolute atomic E-state index is 13.3. The molecule has 0 aromatic heterocycles. The van der Waals surface area contributed by atoms with Crippen LogP contribution in [0.15, 0.2) is 46.9 Å². The van der Waals surface area contributed by atoms with Gasteiger partial charge >= 0.3 is 0 Å². The number of phenolic OH excluding ortho intramolecular Hbond substituents is 1. The summed E-state index contributed by atoms with van der Waals surface area (Å²) in [6.07, 6.45) is 0. The van der Waals surface area contributed by atoms with Gasteiger partial charge in [0.1, 0.15) is 0 Å². The van der Waals surface area contributed by atoms with Gasteiger partial charge in [0.2, 0.25) is 0 Å². The molecule has 0 fully saturated rings. The Balaban J connectivity index is 2.08. The molecule has 0 unspecified atom stereocenters. The SMILES string of the molecule is CC(C)(NCc1ccc(O)c(F)c1)c1ccc(Br)cc1. The van der Waals surface area contributed by atoms with Gasteiger partial charge < -0.3 is 10.4 Å². The first kappa shape index (κ1) is 15.0. The molecule has 0 saturated heterocycles. The Bertz CT molecular complexity index is 596. The molecule has 2 aromatic carbocycles. The third-order valence-corrected chi connectivity index (χ3v) is 3.84. The first-order valence-electron chi connectivity index (χ1n) is 6.37. The summed E-state index contributed by atoms with van der Waals surface area (Å²) in [7, 11) is 0. The lowest BCUT2D eigenvalue weighted by Crippen LogP contribution is -2.35. The van der Waals surface area contributed by atoms with Crippen molar-refractivity contribution in [1.29, 1.82) is 0 Å². The third kappa shape index (κ3) is 3.58. The molecule has 20 heavy (non-hydrogen) atoms. The Morgan fingerprint density at radius 2 is 1.80 bits per heavy atom. The van der Waals surface area contributed by atoms with Crippen LogP contribution in [0.25, 0.3) is 0 Å². The van der Waals surface area contributed by atoms with Crippen LogP contribution < -0.4 is 5.32 Å². The lowest BCUT2D eigenvalue weighted by Gasteiger charge is -2.27. The van der Waals surface area contributed by atoms with Gasteiger partial charge in [0, 0.05) is 16.6 Å². The fourth-order valence-corrected chi connectivity index (χ4v) is 2.22. The Morgan fingerprint density at radius 1 is 1.15 bits per heavy atom. The van der Waals surface area contributed by atoms with Crippen LogP contribution in [0.3, 0.4) is 0 Å². The van der Waals surface area contributed by atoms with Crippen molar-refractivity contribution < 1.29 is 9.50 Å². The van der Waals surface area contributed by atoms with Gasteiger partial charge in [-0.15, -0.1) is 0 Å². The standard InChI is InChI=1S/C16H17BrFNO/c1-16(2,12-4-6-13(17)7-5-12)19-10-11-3-8-15(20)14(18)9-11/h3-9,19-20H,10H2,1-2H3. The van der Waals surface area contributed by atoms with Crippen LogP contribution in [-0.4, -0.2) is 5.11 Å². The number of rotatable bonds is 4. The van der Waals surface area contributed by atoms with Crippen LogP contribution >= 0.6 is 15.9 Å². The van der Waals surface area contributed by atoms with E-state index in [1.165, 1.54) is 12.1 Å². The van der Waals surface area contributed by atoms with Crippen LogP contribution in [0.4, 0.5) is 4.39 Å². The first-order chi connectivity index (χ1) is 9.38. The van der Waals surface area contributed by atoms with E-state index in [4.69, 9.17) is 0 Å². The van der Waals surface area contributed by atoms with Crippen molar-refractivity contribution in [3.8, 4) is 5.75 Å². The number of hydrogen-bond donors (Lipinski definition) is 2. The van der Waals surface area contributed by atoms with Crippen molar-refractivity contribution in [1.82, 2.24) is 5.32 Å². The molecule has 0 amide bonds. The summed E-state index contributed by atoms with van der Waals surface area (Å²) >= 11 is 3.42. The van der Waals surface area contributed by atoms with Gasteiger partial charge in [-0.05, 0) is 49.2 Å². The minimum absolute atomic E-state index is 0.227. The Hall–Kier alpha value is -1.39. The highest BCUT2D eigenvalue weighted by molar-refractivity contribution is 9.10. The lowest BCUT2D eigenvalue weighted by molar-refractivity contribution is 0.399. The average Bonchev–Trinajstić information content (AvgIpc) is 2.41. The molecule has 0 radical (unpaired) electrons. The number of halogens is 2. The van der Waals surface area contributed by atoms with Crippen molar-refractivity contribution in [2.45, 2.75) is 25.9 Å². The van der Waals surface area contributed by atoms with E-state index >= 15 is 0 Å². The second-order valence-electron chi connectivity index (χ2n) is 5.27. The summed E-state index contributed by atoms with van der Waals surface area (Å²) in [5.41, 5.74) is 1.72. The van der Waals surface area contributed by atoms with E-state index in [0.29, 0.717) is 6.54 Å². The molecule has 0 heterocycles. The molecule has 0 aliphatic carbocycles. The monoisotopic (exact) mass is 337 g/mol. The highest BCUT2D eigenvalue weighted by Gasteiger charge is 2.19. The largest absolute Gasteiger partial charge is 0.505 e. The van der Waals surface area contributed by atoms with Crippen molar-refractivity contribution in [2.75, 3.05) is 0 Å². The van der Waals surface area contributed by atoms with Gasteiger partial charge in [0.25, 0.3) is 0 Å². The van der Waals surface area contributed by atoms with Gasteiger partial charge in [-0.1, -0.05) is 34.1 Å². The van der Waals surface area contributed by atoms with Crippen molar-refractivity contribution in [3.05, 3.63) is 63.9 Å². The lowest BCUT2D eigenvalue weighted by atomic mass is 9.94. The maximum Gasteiger partial charge on any atom is 0.165 e. The predicted molar refractivity (Wildman–Crippen MR) is 82.1 cm³/mol. The molecule has 2 nitrogen and oxygen atoms in total. The van der Waals surface area contributed by atoms with Crippen LogP contribution in [0.5, 0.6) is 5.75 Å². The zero-order valence-electron chi connectivity index (χ0n) is 11.5. The number of aromatic hydroxyl groups is 1. The van der Waals surface area contributed by atoms with Gasteiger partial charge in [-0.25, -0.2) is 4.39 Å². The summed E-state index contributed by atoms with van der Waals surface area (Å²) in [6, 6.07) is 12.5. The number of benzene rings is 2.